The maximum absolute atomic E-state index is 12.6. The Morgan fingerprint density at radius 3 is 1.56 bits per heavy atom. The first-order chi connectivity index (χ1) is 15.0. The van der Waals surface area contributed by atoms with Gasteiger partial charge < -0.3 is 42.5 Å². The molecule has 0 fully saturated rings. The summed E-state index contributed by atoms with van der Waals surface area (Å²) in [5.74, 6) is -1.06. The lowest BCUT2D eigenvalue weighted by Crippen LogP contribution is -2.29. The lowest BCUT2D eigenvalue weighted by Gasteiger charge is -2.32. The smallest absolute Gasteiger partial charge is 0.340 e. The van der Waals surface area contributed by atoms with Gasteiger partial charge in [0.2, 0.25) is 0 Å². The Bertz CT molecular complexity index is 1190. The van der Waals surface area contributed by atoms with E-state index in [0.717, 1.165) is 0 Å². The maximum atomic E-state index is 12.6. The van der Waals surface area contributed by atoms with Crippen LogP contribution in [0.5, 0.6) is 11.5 Å². The number of benzene rings is 3. The molecule has 10 nitrogen and oxygen atoms in total. The average molecular weight is 474 g/mol. The molecule has 0 aromatic heterocycles. The summed E-state index contributed by atoms with van der Waals surface area (Å²) in [6.45, 7) is 0. The van der Waals surface area contributed by atoms with Crippen molar-refractivity contribution in [1.82, 2.24) is 0 Å². The molecule has 3 aromatic rings. The van der Waals surface area contributed by atoms with E-state index in [2.05, 4.69) is 9.05 Å². The molecule has 32 heavy (non-hydrogen) atoms. The first-order valence-corrected chi connectivity index (χ1v) is 11.9. The molecule has 1 aliphatic rings. The molecule has 0 unspecified atom stereocenters. The lowest BCUT2D eigenvalue weighted by molar-refractivity contribution is -0.335. The van der Waals surface area contributed by atoms with E-state index in [1.165, 1.54) is 48.5 Å². The van der Waals surface area contributed by atoms with Gasteiger partial charge >= 0.3 is 5.97 Å². The molecular formula is C20H12O10P2-4. The summed E-state index contributed by atoms with van der Waals surface area (Å²) in [5, 5.41) is 0. The van der Waals surface area contributed by atoms with Gasteiger partial charge in [0.25, 0.3) is 0 Å². The predicted molar refractivity (Wildman–Crippen MR) is 101 cm³/mol. The highest BCUT2D eigenvalue weighted by Crippen LogP contribution is 2.48. The van der Waals surface area contributed by atoms with Gasteiger partial charge in [-0.2, -0.15) is 0 Å². The van der Waals surface area contributed by atoms with E-state index in [1.54, 1.807) is 24.3 Å². The van der Waals surface area contributed by atoms with Crippen LogP contribution >= 0.6 is 15.6 Å². The average Bonchev–Trinajstić information content (AvgIpc) is 3.01. The highest BCUT2D eigenvalue weighted by atomic mass is 31.2. The summed E-state index contributed by atoms with van der Waals surface area (Å²) in [7, 11) is -10.5. The fourth-order valence-electron chi connectivity index (χ4n) is 3.57. The fourth-order valence-corrected chi connectivity index (χ4v) is 4.33. The maximum Gasteiger partial charge on any atom is 0.340 e. The molecule has 0 aliphatic carbocycles. The Balaban J connectivity index is 1.84. The first kappa shape index (κ1) is 22.2. The zero-order valence-corrected chi connectivity index (χ0v) is 17.7. The predicted octanol–water partition coefficient (Wildman–Crippen LogP) is 0.564. The van der Waals surface area contributed by atoms with Crippen molar-refractivity contribution in [3.05, 3.63) is 95.1 Å². The van der Waals surface area contributed by atoms with E-state index in [4.69, 9.17) is 4.74 Å². The molecule has 0 saturated heterocycles. The Kier molecular flexibility index (Phi) is 5.46. The van der Waals surface area contributed by atoms with Gasteiger partial charge in [-0.1, -0.05) is 42.5 Å². The fraction of sp³-hybridized carbons (Fsp3) is 0.0500. The molecular weight excluding hydrogens is 462 g/mol. The number of esters is 1. The van der Waals surface area contributed by atoms with Gasteiger partial charge in [0.15, 0.2) is 5.60 Å². The molecule has 12 heteroatoms. The number of ether oxygens (including phenoxy) is 1. The number of rotatable bonds is 6. The number of phosphoric acid groups is 2. The van der Waals surface area contributed by atoms with Gasteiger partial charge in [-0.15, -0.1) is 0 Å². The normalized spacial score (nSPS) is 15.1. The van der Waals surface area contributed by atoms with Crippen LogP contribution in [-0.4, -0.2) is 5.97 Å². The Labute approximate surface area is 181 Å². The second-order valence-electron chi connectivity index (χ2n) is 6.74. The topological polar surface area (TPSA) is 171 Å². The van der Waals surface area contributed by atoms with E-state index in [-0.39, 0.29) is 11.5 Å². The van der Waals surface area contributed by atoms with Gasteiger partial charge in [-0.25, -0.2) is 4.79 Å². The highest BCUT2D eigenvalue weighted by molar-refractivity contribution is 7.43. The van der Waals surface area contributed by atoms with Crippen LogP contribution in [0, 0.1) is 0 Å². The van der Waals surface area contributed by atoms with Crippen LogP contribution in [-0.2, 0) is 19.5 Å². The minimum Gasteiger partial charge on any atom is -0.780 e. The third-order valence-electron chi connectivity index (χ3n) is 4.73. The van der Waals surface area contributed by atoms with Crippen LogP contribution in [0.15, 0.2) is 72.8 Å². The van der Waals surface area contributed by atoms with Crippen LogP contribution in [0.2, 0.25) is 0 Å². The van der Waals surface area contributed by atoms with Crippen LogP contribution in [0.4, 0.5) is 0 Å². The summed E-state index contributed by atoms with van der Waals surface area (Å²) in [4.78, 5) is 56.1. The lowest BCUT2D eigenvalue weighted by atomic mass is 9.80. The molecule has 0 spiro atoms. The molecule has 4 rings (SSSR count). The molecule has 1 aliphatic heterocycles. The van der Waals surface area contributed by atoms with Gasteiger partial charge in [-0.3, -0.25) is 0 Å². The van der Waals surface area contributed by atoms with Gasteiger partial charge in [0, 0.05) is 16.7 Å². The number of phosphoric ester groups is 2. The third kappa shape index (κ3) is 4.33. The number of carbonyl (C=O) groups is 1. The van der Waals surface area contributed by atoms with Crippen LogP contribution in [0.1, 0.15) is 27.0 Å². The standard InChI is InChI=1S/C20H16O10P2/c21-19-17-3-1-2-4-18(17)20(28-19,13-5-9-15(10-6-13)29-31(22,23)24)14-7-11-16(12-8-14)30-32(25,26)27/h1-12H,(H2,22,23,24)(H2,25,26,27)/p-4. The van der Waals surface area contributed by atoms with Crippen molar-refractivity contribution in [3.8, 4) is 11.5 Å². The van der Waals surface area contributed by atoms with Crippen molar-refractivity contribution < 1.29 is 47.3 Å². The zero-order valence-electron chi connectivity index (χ0n) is 15.9. The number of hydrogen-bond acceptors (Lipinski definition) is 10. The van der Waals surface area contributed by atoms with Crippen LogP contribution in [0.3, 0.4) is 0 Å². The van der Waals surface area contributed by atoms with Gasteiger partial charge in [0.1, 0.15) is 27.1 Å². The van der Waals surface area contributed by atoms with Gasteiger partial charge in [0.05, 0.1) is 5.56 Å². The third-order valence-corrected chi connectivity index (χ3v) is 5.60. The number of cyclic esters (lactones) is 1. The molecule has 166 valence electrons. The highest BCUT2D eigenvalue weighted by Gasteiger charge is 2.48. The second kappa shape index (κ2) is 7.86. The summed E-state index contributed by atoms with van der Waals surface area (Å²) in [5.41, 5.74) is 0.0648. The van der Waals surface area contributed by atoms with Crippen LogP contribution in [0.25, 0.3) is 0 Å². The SMILES string of the molecule is O=C1OC(c2ccc(OP(=O)([O-])[O-])cc2)(c2ccc(OP(=O)([O-])[O-])cc2)c2ccccc21. The Hall–Kier alpha value is -2.97. The molecule has 0 bridgehead atoms. The molecule has 0 atom stereocenters. The van der Waals surface area contributed by atoms with E-state index < -0.39 is 27.2 Å². The summed E-state index contributed by atoms with van der Waals surface area (Å²) < 4.78 is 36.2. The molecule has 0 saturated carbocycles. The number of hydrogen-bond donors (Lipinski definition) is 0. The molecule has 1 heterocycles. The quantitative estimate of drug-likeness (QED) is 0.363. The largest absolute Gasteiger partial charge is 0.780 e. The Morgan fingerprint density at radius 2 is 1.12 bits per heavy atom. The zero-order chi connectivity index (χ0) is 23.1. The van der Waals surface area contributed by atoms with Crippen molar-refractivity contribution in [3.63, 3.8) is 0 Å². The Morgan fingerprint density at radius 1 is 0.688 bits per heavy atom. The number of fused-ring (bicyclic) bond motifs is 1. The molecule has 0 amide bonds. The van der Waals surface area contributed by atoms with Crippen molar-refractivity contribution in [1.29, 1.82) is 0 Å². The first-order valence-electron chi connectivity index (χ1n) is 8.95. The minimum absolute atomic E-state index is 0.222. The van der Waals surface area contributed by atoms with Gasteiger partial charge in [-0.05, 0) is 30.3 Å². The second-order valence-corrected chi connectivity index (χ2v) is 8.90. The van der Waals surface area contributed by atoms with E-state index in [9.17, 15) is 33.5 Å². The van der Waals surface area contributed by atoms with Crippen molar-refractivity contribution in [2.24, 2.45) is 0 Å². The van der Waals surface area contributed by atoms with E-state index in [1.807, 2.05) is 0 Å². The summed E-state index contributed by atoms with van der Waals surface area (Å²) in [6.07, 6.45) is 0. The molecule has 0 N–H and O–H groups in total. The van der Waals surface area contributed by atoms with E-state index >= 15 is 0 Å². The molecule has 3 aromatic carbocycles. The van der Waals surface area contributed by atoms with Crippen molar-refractivity contribution in [2.75, 3.05) is 0 Å². The van der Waals surface area contributed by atoms with Crippen LogP contribution < -0.4 is 28.6 Å². The van der Waals surface area contributed by atoms with Crippen molar-refractivity contribution >= 4 is 21.6 Å². The number of carbonyl (C=O) groups excluding carboxylic acids is 1. The monoisotopic (exact) mass is 474 g/mol. The minimum atomic E-state index is -5.26. The summed E-state index contributed by atoms with van der Waals surface area (Å²) in [6, 6.07) is 17.2. The van der Waals surface area contributed by atoms with E-state index in [0.29, 0.717) is 22.3 Å². The summed E-state index contributed by atoms with van der Waals surface area (Å²) >= 11 is 0. The van der Waals surface area contributed by atoms with Crippen molar-refractivity contribution in [2.45, 2.75) is 5.60 Å². The molecule has 0 radical (unpaired) electrons.